The van der Waals surface area contributed by atoms with Crippen molar-refractivity contribution >= 4 is 11.5 Å². The number of nitrogens with zero attached hydrogens (tertiary/aromatic N) is 8. The molecule has 0 unspecified atom stereocenters. The van der Waals surface area contributed by atoms with E-state index < -0.39 is 0 Å². The molecule has 0 radical (unpaired) electrons. The zero-order valence-electron chi connectivity index (χ0n) is 16.5. The van der Waals surface area contributed by atoms with Crippen LogP contribution in [0.15, 0.2) is 24.5 Å². The number of piperidine rings is 1. The van der Waals surface area contributed by atoms with E-state index in [0.717, 1.165) is 55.6 Å². The van der Waals surface area contributed by atoms with Gasteiger partial charge >= 0.3 is 0 Å². The highest BCUT2D eigenvalue weighted by atomic mass is 15.4. The normalized spacial score (nSPS) is 18.6. The Hall–Kier alpha value is -2.61. The zero-order chi connectivity index (χ0) is 19.1. The predicted octanol–water partition coefficient (Wildman–Crippen LogP) is 2.24. The van der Waals surface area contributed by atoms with Crippen LogP contribution >= 0.6 is 0 Å². The van der Waals surface area contributed by atoms with Gasteiger partial charge in [0.2, 0.25) is 0 Å². The molecule has 1 aliphatic heterocycles. The van der Waals surface area contributed by atoms with Crippen molar-refractivity contribution in [1.29, 1.82) is 0 Å². The van der Waals surface area contributed by atoms with Gasteiger partial charge in [-0.05, 0) is 50.9 Å². The van der Waals surface area contributed by atoms with E-state index in [1.807, 2.05) is 48.0 Å². The SMILES string of the molecule is CN(C)c1ccc2nnc(C3CCN(Cc4cnc(C5CC5)nc4)CC3)n2n1. The van der Waals surface area contributed by atoms with Crippen LogP contribution in [0.3, 0.4) is 0 Å². The van der Waals surface area contributed by atoms with E-state index in [-0.39, 0.29) is 0 Å². The van der Waals surface area contributed by atoms with E-state index in [2.05, 4.69) is 25.1 Å². The number of rotatable bonds is 5. The zero-order valence-corrected chi connectivity index (χ0v) is 16.5. The summed E-state index contributed by atoms with van der Waals surface area (Å²) < 4.78 is 1.92. The first-order valence-electron chi connectivity index (χ1n) is 10.1. The first-order valence-corrected chi connectivity index (χ1v) is 10.1. The Morgan fingerprint density at radius 2 is 1.71 bits per heavy atom. The third kappa shape index (κ3) is 3.44. The highest BCUT2D eigenvalue weighted by Crippen LogP contribution is 2.37. The van der Waals surface area contributed by atoms with Crippen molar-refractivity contribution in [3.63, 3.8) is 0 Å². The lowest BCUT2D eigenvalue weighted by Crippen LogP contribution is -2.33. The second-order valence-electron chi connectivity index (χ2n) is 8.19. The average molecular weight is 378 g/mol. The standard InChI is InChI=1S/C20H26N8/c1-26(2)18-6-5-17-23-24-20(28(17)25-18)16-7-9-27(10-8-16)13-14-11-21-19(22-12-14)15-3-4-15/h5-6,11-12,15-16H,3-4,7-10,13H2,1-2H3. The van der Waals surface area contributed by atoms with Gasteiger partial charge in [0.1, 0.15) is 11.6 Å². The molecule has 0 N–H and O–H groups in total. The average Bonchev–Trinajstić information content (AvgIpc) is 3.48. The van der Waals surface area contributed by atoms with E-state index in [4.69, 9.17) is 5.10 Å². The maximum absolute atomic E-state index is 4.71. The minimum Gasteiger partial charge on any atom is -0.361 e. The van der Waals surface area contributed by atoms with E-state index >= 15 is 0 Å². The molecule has 4 heterocycles. The van der Waals surface area contributed by atoms with Crippen molar-refractivity contribution in [2.45, 2.75) is 44.1 Å². The third-order valence-corrected chi connectivity index (χ3v) is 5.76. The summed E-state index contributed by atoms with van der Waals surface area (Å²) in [5, 5.41) is 13.5. The molecule has 2 fully saturated rings. The lowest BCUT2D eigenvalue weighted by atomic mass is 9.96. The second kappa shape index (κ2) is 7.09. The van der Waals surface area contributed by atoms with E-state index in [1.54, 1.807) is 0 Å². The van der Waals surface area contributed by atoms with Crippen LogP contribution in [0.25, 0.3) is 5.65 Å². The second-order valence-corrected chi connectivity index (χ2v) is 8.19. The van der Waals surface area contributed by atoms with E-state index in [1.165, 1.54) is 18.4 Å². The van der Waals surface area contributed by atoms with Crippen molar-refractivity contribution in [3.05, 3.63) is 41.7 Å². The molecule has 28 heavy (non-hydrogen) atoms. The molecule has 5 rings (SSSR count). The lowest BCUT2D eigenvalue weighted by Gasteiger charge is -2.30. The number of fused-ring (bicyclic) bond motifs is 1. The summed E-state index contributed by atoms with van der Waals surface area (Å²) in [7, 11) is 4.00. The first-order chi connectivity index (χ1) is 13.7. The van der Waals surface area contributed by atoms with Crippen LogP contribution in [0.1, 0.15) is 54.7 Å². The van der Waals surface area contributed by atoms with Gasteiger partial charge in [0.05, 0.1) is 0 Å². The summed E-state index contributed by atoms with van der Waals surface area (Å²) in [4.78, 5) is 13.6. The number of hydrogen-bond acceptors (Lipinski definition) is 7. The van der Waals surface area contributed by atoms with Crippen LogP contribution in [-0.2, 0) is 6.54 Å². The summed E-state index contributed by atoms with van der Waals surface area (Å²) in [5.74, 6) is 3.93. The number of likely N-dealkylation sites (tertiary alicyclic amines) is 1. The molecule has 0 amide bonds. The molecule has 1 saturated carbocycles. The molecule has 3 aromatic rings. The highest BCUT2D eigenvalue weighted by Gasteiger charge is 2.27. The Balaban J connectivity index is 1.24. The number of hydrogen-bond donors (Lipinski definition) is 0. The van der Waals surface area contributed by atoms with Crippen LogP contribution in [0.4, 0.5) is 5.82 Å². The Morgan fingerprint density at radius 3 is 2.39 bits per heavy atom. The number of aromatic nitrogens is 6. The van der Waals surface area contributed by atoms with Crippen LogP contribution in [0, 0.1) is 0 Å². The fraction of sp³-hybridized carbons (Fsp3) is 0.550. The van der Waals surface area contributed by atoms with Crippen LogP contribution < -0.4 is 4.90 Å². The quantitative estimate of drug-likeness (QED) is 0.674. The Kier molecular flexibility index (Phi) is 4.43. The number of anilines is 1. The van der Waals surface area contributed by atoms with Crippen molar-refractivity contribution in [1.82, 2.24) is 34.7 Å². The molecule has 1 aliphatic carbocycles. The molecule has 0 aromatic carbocycles. The molecule has 8 nitrogen and oxygen atoms in total. The Labute approximate surface area is 164 Å². The van der Waals surface area contributed by atoms with Crippen molar-refractivity contribution in [3.8, 4) is 0 Å². The summed E-state index contributed by atoms with van der Waals surface area (Å²) in [6.45, 7) is 3.00. The lowest BCUT2D eigenvalue weighted by molar-refractivity contribution is 0.200. The minimum absolute atomic E-state index is 0.393. The maximum Gasteiger partial charge on any atom is 0.178 e. The molecule has 8 heteroatoms. The Bertz CT molecular complexity index is 952. The van der Waals surface area contributed by atoms with Crippen molar-refractivity contribution in [2.24, 2.45) is 0 Å². The van der Waals surface area contributed by atoms with Gasteiger partial charge in [-0.15, -0.1) is 15.3 Å². The van der Waals surface area contributed by atoms with Gasteiger partial charge in [0, 0.05) is 50.4 Å². The van der Waals surface area contributed by atoms with Gasteiger partial charge in [0.15, 0.2) is 11.5 Å². The minimum atomic E-state index is 0.393. The van der Waals surface area contributed by atoms with Crippen molar-refractivity contribution < 1.29 is 0 Å². The van der Waals surface area contributed by atoms with Gasteiger partial charge in [-0.1, -0.05) is 0 Å². The molecular formula is C20H26N8. The van der Waals surface area contributed by atoms with Crippen LogP contribution in [-0.4, -0.2) is 61.9 Å². The summed E-state index contributed by atoms with van der Waals surface area (Å²) in [5.41, 5.74) is 2.02. The van der Waals surface area contributed by atoms with E-state index in [0.29, 0.717) is 11.8 Å². The van der Waals surface area contributed by atoms with Gasteiger partial charge in [-0.25, -0.2) is 9.97 Å². The van der Waals surface area contributed by atoms with Crippen molar-refractivity contribution in [2.75, 3.05) is 32.1 Å². The highest BCUT2D eigenvalue weighted by molar-refractivity contribution is 5.45. The molecule has 0 spiro atoms. The van der Waals surface area contributed by atoms with Gasteiger partial charge in [-0.3, -0.25) is 4.90 Å². The van der Waals surface area contributed by atoms with Crippen LogP contribution in [0.5, 0.6) is 0 Å². The molecule has 146 valence electrons. The smallest absolute Gasteiger partial charge is 0.178 e. The molecule has 2 aliphatic rings. The Morgan fingerprint density at radius 1 is 0.964 bits per heavy atom. The van der Waals surface area contributed by atoms with Gasteiger partial charge in [-0.2, -0.15) is 4.52 Å². The summed E-state index contributed by atoms with van der Waals surface area (Å²) >= 11 is 0. The monoisotopic (exact) mass is 378 g/mol. The molecular weight excluding hydrogens is 352 g/mol. The molecule has 3 aromatic heterocycles. The molecule has 1 saturated heterocycles. The topological polar surface area (TPSA) is 75.3 Å². The third-order valence-electron chi connectivity index (χ3n) is 5.76. The predicted molar refractivity (Wildman–Crippen MR) is 106 cm³/mol. The van der Waals surface area contributed by atoms with Gasteiger partial charge in [0.25, 0.3) is 0 Å². The fourth-order valence-electron chi connectivity index (χ4n) is 3.90. The van der Waals surface area contributed by atoms with Gasteiger partial charge < -0.3 is 4.90 Å². The summed E-state index contributed by atoms with van der Waals surface area (Å²) in [6, 6.07) is 3.96. The molecule has 0 bridgehead atoms. The largest absolute Gasteiger partial charge is 0.361 e. The van der Waals surface area contributed by atoms with Crippen LogP contribution in [0.2, 0.25) is 0 Å². The maximum atomic E-state index is 4.71. The fourth-order valence-corrected chi connectivity index (χ4v) is 3.90. The summed E-state index contributed by atoms with van der Waals surface area (Å²) in [6.07, 6.45) is 8.63. The van der Waals surface area contributed by atoms with E-state index in [9.17, 15) is 0 Å². The molecule has 0 atom stereocenters. The first kappa shape index (κ1) is 17.5.